The highest BCUT2D eigenvalue weighted by Crippen LogP contribution is 2.28. The highest BCUT2D eigenvalue weighted by atomic mass is 79.9. The van der Waals surface area contributed by atoms with Crippen LogP contribution in [0.3, 0.4) is 0 Å². The third kappa shape index (κ3) is 2.81. The molecule has 0 bridgehead atoms. The van der Waals surface area contributed by atoms with Crippen LogP contribution >= 0.6 is 15.9 Å². The summed E-state index contributed by atoms with van der Waals surface area (Å²) in [5.74, 6) is 0.896. The first-order chi connectivity index (χ1) is 8.24. The van der Waals surface area contributed by atoms with E-state index >= 15 is 0 Å². The molecule has 1 fully saturated rings. The van der Waals surface area contributed by atoms with Gasteiger partial charge in [-0.2, -0.15) is 5.26 Å². The zero-order chi connectivity index (χ0) is 12.3. The third-order valence-electron chi connectivity index (χ3n) is 3.63. The van der Waals surface area contributed by atoms with Crippen LogP contribution in [0.15, 0.2) is 22.7 Å². The van der Waals surface area contributed by atoms with Gasteiger partial charge >= 0.3 is 0 Å². The van der Waals surface area contributed by atoms with E-state index in [-0.39, 0.29) is 0 Å². The van der Waals surface area contributed by atoms with Crippen LogP contribution in [0.5, 0.6) is 0 Å². The first-order valence-corrected chi connectivity index (χ1v) is 6.98. The number of hydrogen-bond acceptors (Lipinski definition) is 2. The van der Waals surface area contributed by atoms with Crippen LogP contribution < -0.4 is 4.90 Å². The van der Waals surface area contributed by atoms with Crippen molar-refractivity contribution in [1.29, 1.82) is 5.26 Å². The topological polar surface area (TPSA) is 27.0 Å². The van der Waals surface area contributed by atoms with Gasteiger partial charge in [-0.3, -0.25) is 0 Å². The van der Waals surface area contributed by atoms with Crippen LogP contribution in [0.25, 0.3) is 0 Å². The fourth-order valence-electron chi connectivity index (χ4n) is 2.39. The Morgan fingerprint density at radius 3 is 2.65 bits per heavy atom. The van der Waals surface area contributed by atoms with E-state index in [1.165, 1.54) is 24.9 Å². The van der Waals surface area contributed by atoms with Gasteiger partial charge < -0.3 is 4.90 Å². The zero-order valence-electron chi connectivity index (χ0n) is 10.1. The number of anilines is 1. The minimum atomic E-state index is 0.706. The third-order valence-corrected chi connectivity index (χ3v) is 4.29. The van der Waals surface area contributed by atoms with Crippen molar-refractivity contribution in [1.82, 2.24) is 0 Å². The van der Waals surface area contributed by atoms with Gasteiger partial charge in [-0.1, -0.05) is 13.3 Å². The molecular formula is C14H17BrN2. The molecule has 1 aromatic rings. The highest BCUT2D eigenvalue weighted by molar-refractivity contribution is 9.10. The molecule has 0 unspecified atom stereocenters. The minimum Gasteiger partial charge on any atom is -0.371 e. The van der Waals surface area contributed by atoms with Crippen LogP contribution in [0.2, 0.25) is 0 Å². The maximum absolute atomic E-state index is 8.89. The van der Waals surface area contributed by atoms with Gasteiger partial charge in [0, 0.05) is 23.2 Å². The van der Waals surface area contributed by atoms with Crippen LogP contribution in [0, 0.1) is 17.2 Å². The molecule has 2 nitrogen and oxygen atoms in total. The number of hydrogen-bond donors (Lipinski definition) is 0. The Morgan fingerprint density at radius 1 is 1.41 bits per heavy atom. The number of rotatable bonds is 2. The van der Waals surface area contributed by atoms with E-state index in [0.717, 1.165) is 23.5 Å². The molecule has 1 aliphatic heterocycles. The number of nitriles is 1. The maximum Gasteiger partial charge on any atom is 0.100 e. The summed E-state index contributed by atoms with van der Waals surface area (Å²) in [4.78, 5) is 2.41. The SMILES string of the molecule is CCC1CCN(c2ccc(C#N)c(Br)c2)CC1. The lowest BCUT2D eigenvalue weighted by atomic mass is 9.94. The molecule has 0 amide bonds. The van der Waals surface area contributed by atoms with E-state index in [0.29, 0.717) is 5.56 Å². The molecule has 1 aromatic carbocycles. The quantitative estimate of drug-likeness (QED) is 0.825. The van der Waals surface area contributed by atoms with Crippen LogP contribution in [0.4, 0.5) is 5.69 Å². The molecule has 0 aromatic heterocycles. The van der Waals surface area contributed by atoms with Crippen molar-refractivity contribution < 1.29 is 0 Å². The van der Waals surface area contributed by atoms with Crippen molar-refractivity contribution >= 4 is 21.6 Å². The number of halogens is 1. The second-order valence-corrected chi connectivity index (χ2v) is 5.47. The molecule has 0 aliphatic carbocycles. The lowest BCUT2D eigenvalue weighted by molar-refractivity contribution is 0.395. The Morgan fingerprint density at radius 2 is 2.12 bits per heavy atom. The normalized spacial score (nSPS) is 16.9. The lowest BCUT2D eigenvalue weighted by Gasteiger charge is -2.33. The molecule has 3 heteroatoms. The molecule has 1 saturated heterocycles. The molecule has 17 heavy (non-hydrogen) atoms. The Kier molecular flexibility index (Phi) is 4.06. The average Bonchev–Trinajstić information content (AvgIpc) is 2.39. The summed E-state index contributed by atoms with van der Waals surface area (Å²) in [5, 5.41) is 8.89. The molecular weight excluding hydrogens is 276 g/mol. The van der Waals surface area contributed by atoms with Crippen molar-refractivity contribution in [2.75, 3.05) is 18.0 Å². The van der Waals surface area contributed by atoms with Gasteiger partial charge in [-0.05, 0) is 52.9 Å². The van der Waals surface area contributed by atoms with Gasteiger partial charge in [0.1, 0.15) is 6.07 Å². The second kappa shape index (κ2) is 5.55. The standard InChI is InChI=1S/C14H17BrN2/c1-2-11-5-7-17(8-6-11)13-4-3-12(10-16)14(15)9-13/h3-4,9,11H,2,5-8H2,1H3. The Labute approximate surface area is 111 Å². The van der Waals surface area contributed by atoms with Gasteiger partial charge in [-0.15, -0.1) is 0 Å². The average molecular weight is 293 g/mol. The van der Waals surface area contributed by atoms with Crippen molar-refractivity contribution in [2.24, 2.45) is 5.92 Å². The van der Waals surface area contributed by atoms with Gasteiger partial charge in [0.25, 0.3) is 0 Å². The molecule has 0 radical (unpaired) electrons. The zero-order valence-corrected chi connectivity index (χ0v) is 11.7. The summed E-state index contributed by atoms with van der Waals surface area (Å²) in [5.41, 5.74) is 1.93. The van der Waals surface area contributed by atoms with E-state index < -0.39 is 0 Å². The summed E-state index contributed by atoms with van der Waals surface area (Å²) >= 11 is 3.45. The van der Waals surface area contributed by atoms with Crippen molar-refractivity contribution in [2.45, 2.75) is 26.2 Å². The van der Waals surface area contributed by atoms with E-state index in [2.05, 4.69) is 46.0 Å². The smallest absolute Gasteiger partial charge is 0.100 e. The predicted molar refractivity (Wildman–Crippen MR) is 74.1 cm³/mol. The molecule has 0 atom stereocenters. The summed E-state index contributed by atoms with van der Waals surface area (Å²) in [6.45, 7) is 4.55. The Balaban J connectivity index is 2.09. The second-order valence-electron chi connectivity index (χ2n) is 4.61. The van der Waals surface area contributed by atoms with E-state index in [1.807, 2.05) is 6.07 Å². The van der Waals surface area contributed by atoms with Gasteiger partial charge in [0.2, 0.25) is 0 Å². The molecule has 0 saturated carbocycles. The summed E-state index contributed by atoms with van der Waals surface area (Å²) in [6.07, 6.45) is 3.87. The van der Waals surface area contributed by atoms with Crippen LogP contribution in [0.1, 0.15) is 31.7 Å². The number of piperidine rings is 1. The summed E-state index contributed by atoms with van der Waals surface area (Å²) < 4.78 is 0.898. The summed E-state index contributed by atoms with van der Waals surface area (Å²) in [7, 11) is 0. The first-order valence-electron chi connectivity index (χ1n) is 6.19. The fourth-order valence-corrected chi connectivity index (χ4v) is 2.85. The molecule has 1 heterocycles. The molecule has 0 spiro atoms. The van der Waals surface area contributed by atoms with E-state index in [4.69, 9.17) is 5.26 Å². The Bertz CT molecular complexity index is 428. The lowest BCUT2D eigenvalue weighted by Crippen LogP contribution is -2.33. The van der Waals surface area contributed by atoms with Gasteiger partial charge in [0.05, 0.1) is 5.56 Å². The van der Waals surface area contributed by atoms with Crippen molar-refractivity contribution in [3.05, 3.63) is 28.2 Å². The van der Waals surface area contributed by atoms with Crippen molar-refractivity contribution in [3.8, 4) is 6.07 Å². The summed E-state index contributed by atoms with van der Waals surface area (Å²) in [6, 6.07) is 8.18. The van der Waals surface area contributed by atoms with Crippen LogP contribution in [-0.4, -0.2) is 13.1 Å². The van der Waals surface area contributed by atoms with Crippen LogP contribution in [-0.2, 0) is 0 Å². The van der Waals surface area contributed by atoms with E-state index in [9.17, 15) is 0 Å². The number of benzene rings is 1. The van der Waals surface area contributed by atoms with Crippen molar-refractivity contribution in [3.63, 3.8) is 0 Å². The molecule has 1 aliphatic rings. The molecule has 0 N–H and O–H groups in total. The monoisotopic (exact) mass is 292 g/mol. The fraction of sp³-hybridized carbons (Fsp3) is 0.500. The maximum atomic E-state index is 8.89. The van der Waals surface area contributed by atoms with Gasteiger partial charge in [0.15, 0.2) is 0 Å². The number of nitrogens with zero attached hydrogens (tertiary/aromatic N) is 2. The predicted octanol–water partition coefficient (Wildman–Crippen LogP) is 3.95. The molecule has 90 valence electrons. The largest absolute Gasteiger partial charge is 0.371 e. The van der Waals surface area contributed by atoms with E-state index in [1.54, 1.807) is 0 Å². The first kappa shape index (κ1) is 12.4. The Hall–Kier alpha value is -1.01. The van der Waals surface area contributed by atoms with Gasteiger partial charge in [-0.25, -0.2) is 0 Å². The highest BCUT2D eigenvalue weighted by Gasteiger charge is 2.18. The minimum absolute atomic E-state index is 0.706. The molecule has 2 rings (SSSR count).